The molecule has 162 valence electrons. The topological polar surface area (TPSA) is 70.8 Å². The van der Waals surface area contributed by atoms with Gasteiger partial charge in [0.25, 0.3) is 0 Å². The average molecular weight is 407 g/mol. The molecule has 0 amide bonds. The summed E-state index contributed by atoms with van der Waals surface area (Å²) in [6, 6.07) is 4.55. The molecular weight excluding hydrogens is 372 g/mol. The summed E-state index contributed by atoms with van der Waals surface area (Å²) in [6.07, 6.45) is -0.0137. The lowest BCUT2D eigenvalue weighted by atomic mass is 9.73. The lowest BCUT2D eigenvalue weighted by Gasteiger charge is -2.34. The number of benzene rings is 1. The summed E-state index contributed by atoms with van der Waals surface area (Å²) in [7, 11) is -0.827. The zero-order valence-electron chi connectivity index (χ0n) is 19.2. The maximum absolute atomic E-state index is 15.1. The van der Waals surface area contributed by atoms with Crippen LogP contribution in [0.2, 0.25) is 0 Å². The molecule has 1 heterocycles. The third-order valence-electron chi connectivity index (χ3n) is 5.54. The maximum atomic E-state index is 15.1. The van der Waals surface area contributed by atoms with Gasteiger partial charge < -0.3 is 19.8 Å². The second-order valence-electron chi connectivity index (χ2n) is 10.5. The molecule has 5 nitrogen and oxygen atoms in total. The fourth-order valence-electron chi connectivity index (χ4n) is 3.41. The molecule has 1 atom stereocenters. The molecule has 1 aliphatic heterocycles. The molecule has 1 unspecified atom stereocenters. The molecule has 1 aliphatic rings. The first-order valence-electron chi connectivity index (χ1n) is 10.1. The first kappa shape index (κ1) is 23.8. The van der Waals surface area contributed by atoms with Crippen molar-refractivity contribution >= 4 is 18.6 Å². The zero-order valence-corrected chi connectivity index (χ0v) is 19.2. The van der Waals surface area contributed by atoms with E-state index in [2.05, 4.69) is 0 Å². The van der Waals surface area contributed by atoms with Crippen LogP contribution >= 0.6 is 0 Å². The van der Waals surface area contributed by atoms with E-state index < -0.39 is 35.6 Å². The van der Waals surface area contributed by atoms with Crippen LogP contribution in [0, 0.1) is 11.2 Å². The van der Waals surface area contributed by atoms with Gasteiger partial charge in [0.2, 0.25) is 0 Å². The van der Waals surface area contributed by atoms with Crippen LogP contribution in [0.1, 0.15) is 74.3 Å². The Hall–Kier alpha value is -1.44. The standard InChI is InChI=1S/C22H35BFNO4/c1-14(2)27-18(26)22(25,13-19(3,4)5)15-10-11-16(17(24)12-15)23-28-20(6,7)21(8,9)29-23/h10-12,14H,13,25H2,1-9H3. The predicted octanol–water partition coefficient (Wildman–Crippen LogP) is 3.67. The minimum absolute atomic E-state index is 0.272. The van der Waals surface area contributed by atoms with Crippen LogP contribution in [0.4, 0.5) is 4.39 Å². The van der Waals surface area contributed by atoms with Crippen LogP contribution in [-0.4, -0.2) is 30.4 Å². The molecule has 0 aliphatic carbocycles. The number of esters is 1. The van der Waals surface area contributed by atoms with E-state index in [-0.39, 0.29) is 17.0 Å². The molecule has 1 aromatic rings. The van der Waals surface area contributed by atoms with Gasteiger partial charge in [-0.15, -0.1) is 0 Å². The van der Waals surface area contributed by atoms with E-state index >= 15 is 4.39 Å². The van der Waals surface area contributed by atoms with E-state index in [9.17, 15) is 4.79 Å². The first-order chi connectivity index (χ1) is 13.0. The third kappa shape index (κ3) is 5.01. The monoisotopic (exact) mass is 407 g/mol. The molecule has 0 aromatic heterocycles. The lowest BCUT2D eigenvalue weighted by Crippen LogP contribution is -2.49. The number of ether oxygens (including phenoxy) is 1. The molecule has 0 saturated carbocycles. The highest BCUT2D eigenvalue weighted by Crippen LogP contribution is 2.38. The molecule has 1 saturated heterocycles. The normalized spacial score (nSPS) is 20.6. The van der Waals surface area contributed by atoms with E-state index in [1.165, 1.54) is 6.07 Å². The van der Waals surface area contributed by atoms with Gasteiger partial charge in [-0.2, -0.15) is 0 Å². The van der Waals surface area contributed by atoms with Crippen molar-refractivity contribution in [1.82, 2.24) is 0 Å². The Balaban J connectivity index is 2.42. The van der Waals surface area contributed by atoms with Crippen LogP contribution in [0.25, 0.3) is 0 Å². The van der Waals surface area contributed by atoms with Gasteiger partial charge >= 0.3 is 13.1 Å². The average Bonchev–Trinajstić information content (AvgIpc) is 2.72. The number of hydrogen-bond donors (Lipinski definition) is 1. The Morgan fingerprint density at radius 3 is 2.10 bits per heavy atom. The number of halogens is 1. The van der Waals surface area contributed by atoms with Gasteiger partial charge in [-0.3, -0.25) is 0 Å². The number of carbonyl (C=O) groups excluding carboxylic acids is 1. The summed E-state index contributed by atoms with van der Waals surface area (Å²) in [5, 5.41) is 0. The van der Waals surface area contributed by atoms with Crippen molar-refractivity contribution in [1.29, 1.82) is 0 Å². The quantitative estimate of drug-likeness (QED) is 0.596. The minimum atomic E-state index is -1.46. The third-order valence-corrected chi connectivity index (χ3v) is 5.54. The predicted molar refractivity (Wildman–Crippen MR) is 113 cm³/mol. The smallest absolute Gasteiger partial charge is 0.461 e. The molecule has 1 aromatic carbocycles. The molecule has 2 rings (SSSR count). The fraction of sp³-hybridized carbons (Fsp3) is 0.682. The van der Waals surface area contributed by atoms with E-state index in [0.717, 1.165) is 0 Å². The summed E-state index contributed by atoms with van der Waals surface area (Å²) in [6.45, 7) is 17.1. The maximum Gasteiger partial charge on any atom is 0.497 e. The van der Waals surface area contributed by atoms with Gasteiger partial charge in [-0.1, -0.05) is 32.9 Å². The highest BCUT2D eigenvalue weighted by molar-refractivity contribution is 6.62. The van der Waals surface area contributed by atoms with E-state index in [4.69, 9.17) is 19.8 Å². The minimum Gasteiger partial charge on any atom is -0.461 e. The SMILES string of the molecule is CC(C)OC(=O)C(N)(CC(C)(C)C)c1ccc(B2OC(C)(C)C(C)(C)O2)c(F)c1. The van der Waals surface area contributed by atoms with Gasteiger partial charge in [0.15, 0.2) is 0 Å². The Kier molecular flexibility index (Phi) is 6.31. The van der Waals surface area contributed by atoms with Crippen molar-refractivity contribution in [2.24, 2.45) is 11.1 Å². The van der Waals surface area contributed by atoms with Crippen LogP contribution in [0.15, 0.2) is 18.2 Å². The van der Waals surface area contributed by atoms with E-state index in [0.29, 0.717) is 12.0 Å². The van der Waals surface area contributed by atoms with Crippen molar-refractivity contribution in [3.63, 3.8) is 0 Å². The van der Waals surface area contributed by atoms with Gasteiger partial charge in [0.1, 0.15) is 11.4 Å². The second kappa shape index (κ2) is 7.67. The Morgan fingerprint density at radius 2 is 1.69 bits per heavy atom. The molecular formula is C22H35BFNO4. The molecule has 0 radical (unpaired) electrons. The van der Waals surface area contributed by atoms with Crippen molar-refractivity contribution in [3.05, 3.63) is 29.6 Å². The summed E-state index contributed by atoms with van der Waals surface area (Å²) < 4.78 is 32.4. The Bertz CT molecular complexity index is 757. The Morgan fingerprint density at radius 1 is 1.17 bits per heavy atom. The first-order valence-corrected chi connectivity index (χ1v) is 10.1. The highest BCUT2D eigenvalue weighted by atomic mass is 19.1. The van der Waals surface area contributed by atoms with Crippen molar-refractivity contribution in [3.8, 4) is 0 Å². The van der Waals surface area contributed by atoms with Gasteiger partial charge in [0, 0.05) is 5.46 Å². The highest BCUT2D eigenvalue weighted by Gasteiger charge is 2.52. The van der Waals surface area contributed by atoms with Crippen LogP contribution in [-0.2, 0) is 24.4 Å². The summed E-state index contributed by atoms with van der Waals surface area (Å²) >= 11 is 0. The largest absolute Gasteiger partial charge is 0.497 e. The lowest BCUT2D eigenvalue weighted by molar-refractivity contribution is -0.156. The van der Waals surface area contributed by atoms with Crippen LogP contribution in [0.3, 0.4) is 0 Å². The van der Waals surface area contributed by atoms with Gasteiger partial charge in [-0.05, 0) is 65.0 Å². The van der Waals surface area contributed by atoms with Crippen molar-refractivity contribution in [2.75, 3.05) is 0 Å². The number of hydrogen-bond acceptors (Lipinski definition) is 5. The zero-order chi connectivity index (χ0) is 22.4. The summed E-state index contributed by atoms with van der Waals surface area (Å²) in [5.74, 6) is -1.09. The van der Waals surface area contributed by atoms with Crippen LogP contribution < -0.4 is 11.2 Å². The molecule has 7 heteroatoms. The number of rotatable bonds is 5. The summed E-state index contributed by atoms with van der Waals surface area (Å²) in [5.41, 5.74) is 4.32. The molecule has 2 N–H and O–H groups in total. The number of carbonyl (C=O) groups is 1. The second-order valence-corrected chi connectivity index (χ2v) is 10.5. The van der Waals surface area contributed by atoms with Gasteiger partial charge in [-0.25, -0.2) is 9.18 Å². The fourth-order valence-corrected chi connectivity index (χ4v) is 3.41. The van der Waals surface area contributed by atoms with Crippen LogP contribution in [0.5, 0.6) is 0 Å². The molecule has 0 spiro atoms. The summed E-state index contributed by atoms with van der Waals surface area (Å²) in [4.78, 5) is 12.9. The van der Waals surface area contributed by atoms with Crippen molar-refractivity contribution in [2.45, 2.75) is 91.6 Å². The molecule has 0 bridgehead atoms. The number of nitrogens with two attached hydrogens (primary N) is 1. The van der Waals surface area contributed by atoms with E-state index in [1.807, 2.05) is 48.5 Å². The van der Waals surface area contributed by atoms with E-state index in [1.54, 1.807) is 26.0 Å². The molecule has 29 heavy (non-hydrogen) atoms. The Labute approximate surface area is 174 Å². The van der Waals surface area contributed by atoms with Crippen molar-refractivity contribution < 1.29 is 23.2 Å². The molecule has 1 fully saturated rings. The van der Waals surface area contributed by atoms with Gasteiger partial charge in [0.05, 0.1) is 17.3 Å².